The number of aryl methyl sites for hydroxylation is 2. The van der Waals surface area contributed by atoms with E-state index in [4.69, 9.17) is 15.7 Å². The Morgan fingerprint density at radius 1 is 1.10 bits per heavy atom. The van der Waals surface area contributed by atoms with Gasteiger partial charge in [0.15, 0.2) is 0 Å². The summed E-state index contributed by atoms with van der Waals surface area (Å²) >= 11 is 0. The number of fused-ring (bicyclic) bond motifs is 1. The van der Waals surface area contributed by atoms with Crippen molar-refractivity contribution in [3.63, 3.8) is 0 Å². The standard InChI is InChI=1S/C18H23N3/c1-11(10-19)17-12(2)20-18(21-13(17)3)16-8-14-6-4-5-7-15(14)9-16/h4-7,11,16H,8-10,19H2,1-3H3. The van der Waals surface area contributed by atoms with E-state index in [2.05, 4.69) is 45.0 Å². The van der Waals surface area contributed by atoms with E-state index in [1.807, 2.05) is 0 Å². The van der Waals surface area contributed by atoms with Crippen LogP contribution in [-0.2, 0) is 12.8 Å². The Hall–Kier alpha value is -1.74. The number of hydrogen-bond acceptors (Lipinski definition) is 3. The highest BCUT2D eigenvalue weighted by molar-refractivity contribution is 5.36. The van der Waals surface area contributed by atoms with Gasteiger partial charge in [-0.2, -0.15) is 0 Å². The Kier molecular flexibility index (Phi) is 3.77. The molecule has 0 saturated heterocycles. The SMILES string of the molecule is Cc1nc(C2Cc3ccccc3C2)nc(C)c1C(C)CN. The molecule has 0 radical (unpaired) electrons. The van der Waals surface area contributed by atoms with Crippen LogP contribution in [0.5, 0.6) is 0 Å². The van der Waals surface area contributed by atoms with Crippen LogP contribution >= 0.6 is 0 Å². The molecular weight excluding hydrogens is 258 g/mol. The third-order valence-electron chi connectivity index (χ3n) is 4.61. The minimum Gasteiger partial charge on any atom is -0.330 e. The van der Waals surface area contributed by atoms with E-state index in [0.717, 1.165) is 30.1 Å². The molecule has 110 valence electrons. The number of nitrogens with zero attached hydrogens (tertiary/aromatic N) is 2. The van der Waals surface area contributed by atoms with Gasteiger partial charge >= 0.3 is 0 Å². The second-order valence-electron chi connectivity index (χ2n) is 6.18. The lowest BCUT2D eigenvalue weighted by atomic mass is 9.97. The molecule has 2 N–H and O–H groups in total. The van der Waals surface area contributed by atoms with E-state index in [-0.39, 0.29) is 0 Å². The van der Waals surface area contributed by atoms with Crippen molar-refractivity contribution >= 4 is 0 Å². The van der Waals surface area contributed by atoms with Gasteiger partial charge in [-0.25, -0.2) is 9.97 Å². The van der Waals surface area contributed by atoms with Gasteiger partial charge in [0, 0.05) is 17.3 Å². The molecule has 1 aliphatic carbocycles. The first kappa shape index (κ1) is 14.2. The van der Waals surface area contributed by atoms with Crippen LogP contribution in [0.4, 0.5) is 0 Å². The smallest absolute Gasteiger partial charge is 0.132 e. The molecule has 2 aromatic rings. The summed E-state index contributed by atoms with van der Waals surface area (Å²) in [6.07, 6.45) is 2.11. The van der Waals surface area contributed by atoms with E-state index in [1.165, 1.54) is 16.7 Å². The average molecular weight is 281 g/mol. The zero-order valence-electron chi connectivity index (χ0n) is 13.1. The van der Waals surface area contributed by atoms with Crippen molar-refractivity contribution in [1.29, 1.82) is 0 Å². The molecule has 1 aromatic heterocycles. The fraction of sp³-hybridized carbons (Fsp3) is 0.444. The number of benzene rings is 1. The molecule has 1 aromatic carbocycles. The summed E-state index contributed by atoms with van der Waals surface area (Å²) in [4.78, 5) is 9.60. The van der Waals surface area contributed by atoms with E-state index in [1.54, 1.807) is 0 Å². The van der Waals surface area contributed by atoms with Gasteiger partial charge in [0.1, 0.15) is 5.82 Å². The van der Waals surface area contributed by atoms with Gasteiger partial charge in [0.25, 0.3) is 0 Å². The molecule has 3 rings (SSSR count). The van der Waals surface area contributed by atoms with Crippen LogP contribution in [0.1, 0.15) is 52.7 Å². The number of rotatable bonds is 3. The van der Waals surface area contributed by atoms with Crippen LogP contribution in [0.15, 0.2) is 24.3 Å². The fourth-order valence-electron chi connectivity index (χ4n) is 3.51. The van der Waals surface area contributed by atoms with Crippen LogP contribution < -0.4 is 5.73 Å². The van der Waals surface area contributed by atoms with Gasteiger partial charge < -0.3 is 5.73 Å². The molecular formula is C18H23N3. The Bertz CT molecular complexity index is 615. The van der Waals surface area contributed by atoms with Crippen molar-refractivity contribution in [3.8, 4) is 0 Å². The lowest BCUT2D eigenvalue weighted by Gasteiger charge is -2.17. The maximum absolute atomic E-state index is 5.80. The van der Waals surface area contributed by atoms with Crippen molar-refractivity contribution in [3.05, 3.63) is 58.2 Å². The second kappa shape index (κ2) is 5.57. The first-order valence-electron chi connectivity index (χ1n) is 7.72. The third-order valence-corrected chi connectivity index (χ3v) is 4.61. The van der Waals surface area contributed by atoms with Gasteiger partial charge in [-0.05, 0) is 55.8 Å². The summed E-state index contributed by atoms with van der Waals surface area (Å²) in [5, 5.41) is 0. The Morgan fingerprint density at radius 2 is 1.62 bits per heavy atom. The van der Waals surface area contributed by atoms with E-state index >= 15 is 0 Å². The molecule has 3 nitrogen and oxygen atoms in total. The Morgan fingerprint density at radius 3 is 2.10 bits per heavy atom. The molecule has 0 fully saturated rings. The largest absolute Gasteiger partial charge is 0.330 e. The van der Waals surface area contributed by atoms with E-state index in [0.29, 0.717) is 18.4 Å². The van der Waals surface area contributed by atoms with Crippen LogP contribution in [-0.4, -0.2) is 16.5 Å². The van der Waals surface area contributed by atoms with Gasteiger partial charge in [-0.1, -0.05) is 31.2 Å². The molecule has 0 bridgehead atoms. The number of aromatic nitrogens is 2. The first-order chi connectivity index (χ1) is 10.1. The normalized spacial score (nSPS) is 16.0. The summed E-state index contributed by atoms with van der Waals surface area (Å²) in [6, 6.07) is 8.68. The van der Waals surface area contributed by atoms with Crippen molar-refractivity contribution in [1.82, 2.24) is 9.97 Å². The minimum absolute atomic E-state index is 0.319. The number of hydrogen-bond donors (Lipinski definition) is 1. The number of nitrogens with two attached hydrogens (primary N) is 1. The Balaban J connectivity index is 1.92. The zero-order chi connectivity index (χ0) is 15.0. The molecule has 0 amide bonds. The fourth-order valence-corrected chi connectivity index (χ4v) is 3.51. The molecule has 0 spiro atoms. The molecule has 1 atom stereocenters. The summed E-state index contributed by atoms with van der Waals surface area (Å²) in [5.74, 6) is 1.73. The minimum atomic E-state index is 0.319. The van der Waals surface area contributed by atoms with Gasteiger partial charge in [0.2, 0.25) is 0 Å². The lowest BCUT2D eigenvalue weighted by Crippen LogP contribution is -2.16. The highest BCUT2D eigenvalue weighted by Crippen LogP contribution is 2.33. The summed E-state index contributed by atoms with van der Waals surface area (Å²) < 4.78 is 0. The first-order valence-corrected chi connectivity index (χ1v) is 7.72. The third kappa shape index (κ3) is 2.58. The van der Waals surface area contributed by atoms with E-state index < -0.39 is 0 Å². The van der Waals surface area contributed by atoms with Crippen LogP contribution in [0, 0.1) is 13.8 Å². The predicted molar refractivity (Wildman–Crippen MR) is 85.6 cm³/mol. The molecule has 0 saturated carbocycles. The molecule has 1 unspecified atom stereocenters. The predicted octanol–water partition coefficient (Wildman–Crippen LogP) is 3.04. The van der Waals surface area contributed by atoms with Crippen LogP contribution in [0.3, 0.4) is 0 Å². The van der Waals surface area contributed by atoms with Gasteiger partial charge in [-0.15, -0.1) is 0 Å². The highest BCUT2D eigenvalue weighted by Gasteiger charge is 2.26. The average Bonchev–Trinajstić information content (AvgIpc) is 2.90. The zero-order valence-corrected chi connectivity index (χ0v) is 13.1. The molecule has 21 heavy (non-hydrogen) atoms. The topological polar surface area (TPSA) is 51.8 Å². The van der Waals surface area contributed by atoms with Crippen LogP contribution in [0.25, 0.3) is 0 Å². The summed E-state index contributed by atoms with van der Waals surface area (Å²) in [7, 11) is 0. The summed E-state index contributed by atoms with van der Waals surface area (Å²) in [6.45, 7) is 6.95. The Labute approximate surface area is 126 Å². The molecule has 0 aliphatic heterocycles. The maximum Gasteiger partial charge on any atom is 0.132 e. The van der Waals surface area contributed by atoms with Crippen molar-refractivity contribution < 1.29 is 0 Å². The maximum atomic E-state index is 5.80. The molecule has 3 heteroatoms. The highest BCUT2D eigenvalue weighted by atomic mass is 14.9. The van der Waals surface area contributed by atoms with E-state index in [9.17, 15) is 0 Å². The lowest BCUT2D eigenvalue weighted by molar-refractivity contribution is 0.657. The molecule has 1 heterocycles. The second-order valence-corrected chi connectivity index (χ2v) is 6.18. The quantitative estimate of drug-likeness (QED) is 0.940. The van der Waals surface area contributed by atoms with Gasteiger partial charge in [0.05, 0.1) is 0 Å². The monoisotopic (exact) mass is 281 g/mol. The van der Waals surface area contributed by atoms with Gasteiger partial charge in [-0.3, -0.25) is 0 Å². The molecule has 1 aliphatic rings. The van der Waals surface area contributed by atoms with Crippen molar-refractivity contribution in [2.75, 3.05) is 6.54 Å². The van der Waals surface area contributed by atoms with Crippen molar-refractivity contribution in [2.24, 2.45) is 5.73 Å². The van der Waals surface area contributed by atoms with Crippen molar-refractivity contribution in [2.45, 2.75) is 45.4 Å². The summed E-state index contributed by atoms with van der Waals surface area (Å²) in [5.41, 5.74) is 12.1. The van der Waals surface area contributed by atoms with Crippen LogP contribution in [0.2, 0.25) is 0 Å².